The lowest BCUT2D eigenvalue weighted by Crippen LogP contribution is -2.45. The number of carbonyl (C=O) groups excluding carboxylic acids is 1. The summed E-state index contributed by atoms with van der Waals surface area (Å²) >= 11 is 0. The number of aliphatic hydroxyl groups excluding tert-OH is 1. The highest BCUT2D eigenvalue weighted by molar-refractivity contribution is 7.47. The predicted octanol–water partition coefficient (Wildman–Crippen LogP) is 20.9. The van der Waals surface area contributed by atoms with Crippen molar-refractivity contribution in [2.45, 2.75) is 347 Å². The van der Waals surface area contributed by atoms with Gasteiger partial charge in [0.25, 0.3) is 0 Å². The number of rotatable bonds is 62. The van der Waals surface area contributed by atoms with E-state index in [1.165, 1.54) is 270 Å². The van der Waals surface area contributed by atoms with Crippen LogP contribution in [0.5, 0.6) is 0 Å². The number of nitrogens with one attached hydrogen (secondary N) is 1. The van der Waals surface area contributed by atoms with E-state index in [1.54, 1.807) is 6.08 Å². The predicted molar refractivity (Wildman–Crippen MR) is 332 cm³/mol. The topological polar surface area (TPSA) is 105 Å². The summed E-state index contributed by atoms with van der Waals surface area (Å²) in [6, 6.07) is -0.846. The molecule has 0 spiro atoms. The maximum absolute atomic E-state index is 13.0. The van der Waals surface area contributed by atoms with Crippen LogP contribution in [0.2, 0.25) is 0 Å². The smallest absolute Gasteiger partial charge is 0.387 e. The Hall–Kier alpha value is -1.28. The minimum atomic E-state index is -4.35. The van der Waals surface area contributed by atoms with Crippen molar-refractivity contribution in [2.24, 2.45) is 0 Å². The molecule has 3 unspecified atom stereocenters. The van der Waals surface area contributed by atoms with Crippen LogP contribution >= 0.6 is 7.82 Å². The number of quaternary nitrogens is 1. The molecular weight excluding hydrogens is 960 g/mol. The van der Waals surface area contributed by atoms with Crippen molar-refractivity contribution in [3.05, 3.63) is 36.5 Å². The van der Waals surface area contributed by atoms with Gasteiger partial charge >= 0.3 is 7.82 Å². The van der Waals surface area contributed by atoms with Gasteiger partial charge in [-0.3, -0.25) is 13.8 Å². The van der Waals surface area contributed by atoms with Crippen LogP contribution in [0.4, 0.5) is 0 Å². The second kappa shape index (κ2) is 58.4. The average Bonchev–Trinajstić information content (AvgIpc) is 3.38. The van der Waals surface area contributed by atoms with E-state index < -0.39 is 20.0 Å². The van der Waals surface area contributed by atoms with Crippen molar-refractivity contribution >= 4 is 13.7 Å². The summed E-state index contributed by atoms with van der Waals surface area (Å²) in [5.41, 5.74) is 0. The van der Waals surface area contributed by atoms with E-state index in [4.69, 9.17) is 9.05 Å². The molecule has 0 fully saturated rings. The Bertz CT molecular complexity index is 1330. The minimum Gasteiger partial charge on any atom is -0.387 e. The fraction of sp³-hybridized carbons (Fsp3) is 0.896. The molecule has 450 valence electrons. The van der Waals surface area contributed by atoms with Crippen molar-refractivity contribution in [1.29, 1.82) is 0 Å². The van der Waals surface area contributed by atoms with E-state index in [1.807, 2.05) is 27.2 Å². The van der Waals surface area contributed by atoms with Crippen LogP contribution in [0, 0.1) is 0 Å². The molecule has 8 nitrogen and oxygen atoms in total. The number of amides is 1. The summed E-state index contributed by atoms with van der Waals surface area (Å²) in [4.78, 5) is 23.4. The highest BCUT2D eigenvalue weighted by Crippen LogP contribution is 2.43. The molecule has 0 aliphatic rings. The second-order valence-electron chi connectivity index (χ2n) is 24.2. The normalized spacial score (nSPS) is 13.9. The van der Waals surface area contributed by atoms with Gasteiger partial charge in [-0.1, -0.05) is 314 Å². The van der Waals surface area contributed by atoms with Gasteiger partial charge in [0.2, 0.25) is 5.91 Å². The van der Waals surface area contributed by atoms with Crippen LogP contribution in [0.25, 0.3) is 0 Å². The number of phosphoric acid groups is 1. The molecule has 1 amide bonds. The van der Waals surface area contributed by atoms with Crippen molar-refractivity contribution in [1.82, 2.24) is 5.32 Å². The first-order chi connectivity index (χ1) is 37.0. The van der Waals surface area contributed by atoms with Gasteiger partial charge in [-0.05, 0) is 51.4 Å². The minimum absolute atomic E-state index is 0.0632. The Kier molecular flexibility index (Phi) is 57.4. The Morgan fingerprint density at radius 3 is 1.08 bits per heavy atom. The SMILES string of the molecule is CCCCCCCCCCC/C=C\C/C=C\CCCCCCCCCCCCCCCCCCCC(=O)NC(COP(=O)(O)OCC[N+](C)(C)C)C(O)/C=C/CCCCCCCCCCCCCCCCCCCCC. The first-order valence-corrected chi connectivity index (χ1v) is 34.9. The monoisotopic (exact) mass is 1090 g/mol. The van der Waals surface area contributed by atoms with Crippen molar-refractivity contribution in [3.8, 4) is 0 Å². The standard InChI is InChI=1S/C67H131N2O6P/c1-6-8-10-12-14-16-18-20-22-24-26-28-29-30-31-32-33-34-35-36-37-38-39-41-43-45-47-49-51-53-55-57-59-61-67(71)68-65(64-75-76(72,73)74-63-62-69(3,4)5)66(70)60-58-56-54-52-50-48-46-44-42-40-27-25-23-21-19-17-15-13-11-9-7-2/h26,28,30-31,58,60,65-66,70H,6-25,27,29,32-57,59,61-64H2,1-5H3,(H-,68,71,72,73)/p+1/b28-26-,31-30-,60-58+. The number of hydrogen-bond acceptors (Lipinski definition) is 5. The lowest BCUT2D eigenvalue weighted by Gasteiger charge is -2.25. The fourth-order valence-electron chi connectivity index (χ4n) is 10.1. The molecular formula is C67H132N2O6P+. The molecule has 0 heterocycles. The van der Waals surface area contributed by atoms with Gasteiger partial charge in [0.05, 0.1) is 39.9 Å². The Labute approximate surface area is 474 Å². The maximum atomic E-state index is 13.0. The van der Waals surface area contributed by atoms with Crippen molar-refractivity contribution in [2.75, 3.05) is 40.9 Å². The van der Waals surface area contributed by atoms with Crippen LogP contribution in [0.3, 0.4) is 0 Å². The maximum Gasteiger partial charge on any atom is 0.472 e. The fourth-order valence-corrected chi connectivity index (χ4v) is 10.9. The number of aliphatic hydroxyl groups is 1. The van der Waals surface area contributed by atoms with E-state index in [2.05, 4.69) is 43.5 Å². The number of carbonyl (C=O) groups is 1. The van der Waals surface area contributed by atoms with Gasteiger partial charge in [0.15, 0.2) is 0 Å². The molecule has 0 aromatic rings. The third kappa shape index (κ3) is 60.4. The van der Waals surface area contributed by atoms with E-state index in [-0.39, 0.29) is 19.1 Å². The van der Waals surface area contributed by atoms with E-state index in [0.717, 1.165) is 44.9 Å². The van der Waals surface area contributed by atoms with Crippen LogP contribution in [0.15, 0.2) is 36.5 Å². The molecule has 0 aliphatic carbocycles. The highest BCUT2D eigenvalue weighted by Gasteiger charge is 2.28. The van der Waals surface area contributed by atoms with Crippen LogP contribution in [0.1, 0.15) is 335 Å². The largest absolute Gasteiger partial charge is 0.472 e. The molecule has 0 saturated carbocycles. The highest BCUT2D eigenvalue weighted by atomic mass is 31.2. The molecule has 0 aromatic carbocycles. The molecule has 0 bridgehead atoms. The summed E-state index contributed by atoms with van der Waals surface area (Å²) in [5.74, 6) is -0.171. The molecule has 0 aliphatic heterocycles. The lowest BCUT2D eigenvalue weighted by atomic mass is 10.0. The Morgan fingerprint density at radius 1 is 0.447 bits per heavy atom. The third-order valence-electron chi connectivity index (χ3n) is 15.4. The zero-order chi connectivity index (χ0) is 55.6. The summed E-state index contributed by atoms with van der Waals surface area (Å²) < 4.78 is 23.8. The van der Waals surface area contributed by atoms with Gasteiger partial charge in [0.1, 0.15) is 13.2 Å². The van der Waals surface area contributed by atoms with E-state index >= 15 is 0 Å². The van der Waals surface area contributed by atoms with Gasteiger partial charge < -0.3 is 19.8 Å². The summed E-state index contributed by atoms with van der Waals surface area (Å²) in [6.07, 6.45) is 77.0. The van der Waals surface area contributed by atoms with Gasteiger partial charge in [-0.25, -0.2) is 4.57 Å². The number of phosphoric ester groups is 1. The van der Waals surface area contributed by atoms with Gasteiger partial charge in [-0.2, -0.15) is 0 Å². The number of hydrogen-bond donors (Lipinski definition) is 3. The molecule has 76 heavy (non-hydrogen) atoms. The molecule has 3 N–H and O–H groups in total. The van der Waals surface area contributed by atoms with Crippen LogP contribution < -0.4 is 5.32 Å². The van der Waals surface area contributed by atoms with Crippen molar-refractivity contribution < 1.29 is 32.9 Å². The summed E-state index contributed by atoms with van der Waals surface area (Å²) in [7, 11) is 1.59. The number of allylic oxidation sites excluding steroid dienone is 5. The lowest BCUT2D eigenvalue weighted by molar-refractivity contribution is -0.870. The van der Waals surface area contributed by atoms with E-state index in [9.17, 15) is 19.4 Å². The molecule has 0 saturated heterocycles. The number of likely N-dealkylation sites (N-methyl/N-ethyl adjacent to an activating group) is 1. The second-order valence-corrected chi connectivity index (χ2v) is 25.7. The Morgan fingerprint density at radius 2 is 0.750 bits per heavy atom. The van der Waals surface area contributed by atoms with Crippen LogP contribution in [-0.2, 0) is 18.4 Å². The Balaban J connectivity index is 4.05. The van der Waals surface area contributed by atoms with E-state index in [0.29, 0.717) is 17.4 Å². The first kappa shape index (κ1) is 74.7. The average molecular weight is 1090 g/mol. The number of nitrogens with zero attached hydrogens (tertiary/aromatic N) is 1. The first-order valence-electron chi connectivity index (χ1n) is 33.4. The quantitative estimate of drug-likeness (QED) is 0.0243. The van der Waals surface area contributed by atoms with Gasteiger partial charge in [-0.15, -0.1) is 0 Å². The number of unbranched alkanes of at least 4 members (excludes halogenated alkanes) is 45. The molecule has 0 radical (unpaired) electrons. The molecule has 9 heteroatoms. The molecule has 0 rings (SSSR count). The zero-order valence-corrected chi connectivity index (χ0v) is 52.4. The zero-order valence-electron chi connectivity index (χ0n) is 51.5. The molecule has 0 aromatic heterocycles. The van der Waals surface area contributed by atoms with Crippen LogP contribution in [-0.4, -0.2) is 73.4 Å². The summed E-state index contributed by atoms with van der Waals surface area (Å²) in [5, 5.41) is 14.0. The van der Waals surface area contributed by atoms with Crippen molar-refractivity contribution in [3.63, 3.8) is 0 Å². The summed E-state index contributed by atoms with van der Waals surface area (Å²) in [6.45, 7) is 4.87. The third-order valence-corrected chi connectivity index (χ3v) is 16.3. The molecule has 3 atom stereocenters. The van der Waals surface area contributed by atoms with Gasteiger partial charge in [0, 0.05) is 6.42 Å².